The normalized spacial score (nSPS) is 24.6. The van der Waals surface area contributed by atoms with Gasteiger partial charge in [-0.05, 0) is 32.1 Å². The van der Waals surface area contributed by atoms with Gasteiger partial charge in [0.1, 0.15) is 0 Å². The van der Waals surface area contributed by atoms with Crippen LogP contribution < -0.4 is 0 Å². The standard InChI is InChI=1S/C12H20F3NO/c1-3-9(2)16-8-10(7-12(13,14)15)5-4-6-11(16)17/h9-10H,3-8H2,1-2H3. The van der Waals surface area contributed by atoms with Crippen molar-refractivity contribution in [1.29, 1.82) is 0 Å². The molecule has 1 amide bonds. The Labute approximate surface area is 100 Å². The van der Waals surface area contributed by atoms with Gasteiger partial charge in [0.25, 0.3) is 0 Å². The zero-order valence-electron chi connectivity index (χ0n) is 10.4. The zero-order chi connectivity index (χ0) is 13.1. The molecule has 0 aliphatic carbocycles. The van der Waals surface area contributed by atoms with Crippen LogP contribution >= 0.6 is 0 Å². The van der Waals surface area contributed by atoms with Crippen LogP contribution in [0.4, 0.5) is 13.2 Å². The van der Waals surface area contributed by atoms with Crippen molar-refractivity contribution < 1.29 is 18.0 Å². The molecule has 100 valence electrons. The lowest BCUT2D eigenvalue weighted by Crippen LogP contribution is -2.40. The Morgan fingerprint density at radius 2 is 2.12 bits per heavy atom. The molecule has 0 radical (unpaired) electrons. The molecule has 2 atom stereocenters. The second-order valence-corrected chi connectivity index (χ2v) is 4.88. The molecule has 0 aromatic rings. The molecule has 0 aromatic carbocycles. The second kappa shape index (κ2) is 5.74. The average Bonchev–Trinajstić information content (AvgIpc) is 2.37. The van der Waals surface area contributed by atoms with E-state index >= 15 is 0 Å². The molecule has 1 aliphatic heterocycles. The molecule has 2 nitrogen and oxygen atoms in total. The summed E-state index contributed by atoms with van der Waals surface area (Å²) >= 11 is 0. The molecule has 0 bridgehead atoms. The molecular formula is C12H20F3NO. The predicted octanol–water partition coefficient (Wildman–Crippen LogP) is 3.37. The first-order valence-corrected chi connectivity index (χ1v) is 6.19. The molecule has 0 spiro atoms. The number of carbonyl (C=O) groups is 1. The van der Waals surface area contributed by atoms with E-state index in [9.17, 15) is 18.0 Å². The van der Waals surface area contributed by atoms with Crippen molar-refractivity contribution in [2.24, 2.45) is 5.92 Å². The Kier molecular flexibility index (Phi) is 4.83. The first-order valence-electron chi connectivity index (χ1n) is 6.19. The van der Waals surface area contributed by atoms with E-state index in [1.165, 1.54) is 0 Å². The highest BCUT2D eigenvalue weighted by atomic mass is 19.4. The molecule has 2 unspecified atom stereocenters. The Hall–Kier alpha value is -0.740. The number of hydrogen-bond donors (Lipinski definition) is 0. The number of nitrogens with zero attached hydrogens (tertiary/aromatic N) is 1. The van der Waals surface area contributed by atoms with E-state index in [2.05, 4.69) is 0 Å². The third kappa shape index (κ3) is 4.56. The number of halogens is 3. The molecule has 1 saturated heterocycles. The molecule has 5 heteroatoms. The minimum atomic E-state index is -4.13. The Bertz CT molecular complexity index is 265. The lowest BCUT2D eigenvalue weighted by molar-refractivity contribution is -0.148. The topological polar surface area (TPSA) is 20.3 Å². The highest BCUT2D eigenvalue weighted by Crippen LogP contribution is 2.30. The van der Waals surface area contributed by atoms with Gasteiger partial charge in [-0.1, -0.05) is 6.92 Å². The Morgan fingerprint density at radius 3 is 2.65 bits per heavy atom. The maximum Gasteiger partial charge on any atom is 0.389 e. The van der Waals surface area contributed by atoms with Gasteiger partial charge in [-0.25, -0.2) is 0 Å². The molecular weight excluding hydrogens is 231 g/mol. The van der Waals surface area contributed by atoms with Crippen LogP contribution in [0.1, 0.15) is 46.0 Å². The number of carbonyl (C=O) groups excluding carboxylic acids is 1. The summed E-state index contributed by atoms with van der Waals surface area (Å²) < 4.78 is 37.1. The van der Waals surface area contributed by atoms with Gasteiger partial charge in [-0.2, -0.15) is 13.2 Å². The van der Waals surface area contributed by atoms with Crippen LogP contribution in [-0.4, -0.2) is 29.6 Å². The van der Waals surface area contributed by atoms with Gasteiger partial charge < -0.3 is 4.90 Å². The number of likely N-dealkylation sites (tertiary alicyclic amines) is 1. The summed E-state index contributed by atoms with van der Waals surface area (Å²) in [6.07, 6.45) is -2.65. The van der Waals surface area contributed by atoms with Gasteiger partial charge in [0.15, 0.2) is 0 Å². The number of rotatable bonds is 3. The molecule has 1 aliphatic rings. The van der Waals surface area contributed by atoms with Gasteiger partial charge in [0, 0.05) is 25.4 Å². The molecule has 0 saturated carbocycles. The zero-order valence-corrected chi connectivity index (χ0v) is 10.4. The molecule has 1 rings (SSSR count). The monoisotopic (exact) mass is 251 g/mol. The van der Waals surface area contributed by atoms with E-state index in [1.54, 1.807) is 4.90 Å². The van der Waals surface area contributed by atoms with E-state index in [0.717, 1.165) is 6.42 Å². The molecule has 0 N–H and O–H groups in total. The number of alkyl halides is 3. The number of hydrogen-bond acceptors (Lipinski definition) is 1. The molecule has 1 heterocycles. The van der Waals surface area contributed by atoms with Crippen molar-refractivity contribution in [3.05, 3.63) is 0 Å². The third-order valence-corrected chi connectivity index (χ3v) is 3.42. The summed E-state index contributed by atoms with van der Waals surface area (Å²) in [5.41, 5.74) is 0. The van der Waals surface area contributed by atoms with Gasteiger partial charge in [-0.15, -0.1) is 0 Å². The van der Waals surface area contributed by atoms with E-state index in [0.29, 0.717) is 19.3 Å². The van der Waals surface area contributed by atoms with E-state index < -0.39 is 18.5 Å². The Balaban J connectivity index is 2.67. The minimum Gasteiger partial charge on any atom is -0.340 e. The lowest BCUT2D eigenvalue weighted by atomic mass is 9.99. The van der Waals surface area contributed by atoms with Gasteiger partial charge in [0.05, 0.1) is 0 Å². The van der Waals surface area contributed by atoms with Crippen molar-refractivity contribution in [1.82, 2.24) is 4.90 Å². The summed E-state index contributed by atoms with van der Waals surface area (Å²) in [5.74, 6) is -0.431. The Morgan fingerprint density at radius 1 is 1.47 bits per heavy atom. The van der Waals surface area contributed by atoms with Crippen molar-refractivity contribution in [3.8, 4) is 0 Å². The van der Waals surface area contributed by atoms with Crippen molar-refractivity contribution >= 4 is 5.91 Å². The van der Waals surface area contributed by atoms with Crippen molar-refractivity contribution in [2.75, 3.05) is 6.54 Å². The van der Waals surface area contributed by atoms with Gasteiger partial charge in [-0.3, -0.25) is 4.79 Å². The third-order valence-electron chi connectivity index (χ3n) is 3.42. The summed E-state index contributed by atoms with van der Waals surface area (Å²) in [6, 6.07) is 0.0383. The first-order chi connectivity index (χ1) is 7.83. The maximum atomic E-state index is 12.4. The van der Waals surface area contributed by atoms with Crippen LogP contribution in [0.3, 0.4) is 0 Å². The fraction of sp³-hybridized carbons (Fsp3) is 0.917. The summed E-state index contributed by atoms with van der Waals surface area (Å²) in [7, 11) is 0. The SMILES string of the molecule is CCC(C)N1CC(CC(F)(F)F)CCCC1=O. The van der Waals surface area contributed by atoms with Crippen LogP contribution in [0.5, 0.6) is 0 Å². The van der Waals surface area contributed by atoms with Gasteiger partial charge >= 0.3 is 6.18 Å². The predicted molar refractivity (Wildman–Crippen MR) is 59.5 cm³/mol. The maximum absolute atomic E-state index is 12.4. The van der Waals surface area contributed by atoms with Crippen LogP contribution in [0.2, 0.25) is 0 Å². The quantitative estimate of drug-likeness (QED) is 0.753. The highest BCUT2D eigenvalue weighted by Gasteiger charge is 2.35. The van der Waals surface area contributed by atoms with E-state index in [-0.39, 0.29) is 18.5 Å². The summed E-state index contributed by atoms with van der Waals surface area (Å²) in [4.78, 5) is 13.4. The number of amides is 1. The lowest BCUT2D eigenvalue weighted by Gasteiger charge is -2.30. The van der Waals surface area contributed by atoms with E-state index in [1.807, 2.05) is 13.8 Å². The summed E-state index contributed by atoms with van der Waals surface area (Å²) in [5, 5.41) is 0. The smallest absolute Gasteiger partial charge is 0.340 e. The fourth-order valence-corrected chi connectivity index (χ4v) is 2.30. The molecule has 17 heavy (non-hydrogen) atoms. The highest BCUT2D eigenvalue weighted by molar-refractivity contribution is 5.76. The minimum absolute atomic E-state index is 0.00373. The second-order valence-electron chi connectivity index (χ2n) is 4.88. The van der Waals surface area contributed by atoms with Crippen molar-refractivity contribution in [2.45, 2.75) is 58.2 Å². The van der Waals surface area contributed by atoms with Gasteiger partial charge in [0.2, 0.25) is 5.91 Å². The first kappa shape index (κ1) is 14.3. The molecule has 1 fully saturated rings. The van der Waals surface area contributed by atoms with Crippen LogP contribution in [0, 0.1) is 5.92 Å². The summed E-state index contributed by atoms with van der Waals surface area (Å²) in [6.45, 7) is 4.10. The van der Waals surface area contributed by atoms with Crippen LogP contribution in [0.15, 0.2) is 0 Å². The van der Waals surface area contributed by atoms with Crippen LogP contribution in [0.25, 0.3) is 0 Å². The van der Waals surface area contributed by atoms with E-state index in [4.69, 9.17) is 0 Å². The van der Waals surface area contributed by atoms with Crippen molar-refractivity contribution in [3.63, 3.8) is 0 Å². The largest absolute Gasteiger partial charge is 0.389 e. The molecule has 0 aromatic heterocycles. The van der Waals surface area contributed by atoms with Crippen LogP contribution in [-0.2, 0) is 4.79 Å². The average molecular weight is 251 g/mol. The fourth-order valence-electron chi connectivity index (χ4n) is 2.30.